The molecule has 0 spiro atoms. The lowest BCUT2D eigenvalue weighted by Crippen LogP contribution is -1.99. The zero-order valence-electron chi connectivity index (χ0n) is 4.59. The highest BCUT2D eigenvalue weighted by atomic mass is 15.3. The first-order chi connectivity index (χ1) is 3.81. The molecule has 2 radical (unpaired) electrons. The summed E-state index contributed by atoms with van der Waals surface area (Å²) in [5, 5.41) is 3.57. The van der Waals surface area contributed by atoms with Crippen LogP contribution in [0.25, 0.3) is 0 Å². The fourth-order valence-corrected chi connectivity index (χ4v) is 0.166. The first kappa shape index (κ1) is 7.01. The zero-order chi connectivity index (χ0) is 6.41. The molecule has 2 nitrogen and oxygen atoms in total. The highest BCUT2D eigenvalue weighted by Crippen LogP contribution is 1.67. The van der Waals surface area contributed by atoms with Gasteiger partial charge in [0.2, 0.25) is 0 Å². The lowest BCUT2D eigenvalue weighted by Gasteiger charge is -1.88. The van der Waals surface area contributed by atoms with E-state index in [-0.39, 0.29) is 0 Å². The number of nitrogens with zero attached hydrogens (tertiary/aromatic N) is 1. The summed E-state index contributed by atoms with van der Waals surface area (Å²) in [5.74, 6) is 0. The third-order valence-corrected chi connectivity index (χ3v) is 0.494. The minimum absolute atomic E-state index is 0.352. The molecule has 0 saturated carbocycles. The second kappa shape index (κ2) is 4.18. The van der Waals surface area contributed by atoms with Gasteiger partial charge < -0.3 is 0 Å². The van der Waals surface area contributed by atoms with Crippen molar-refractivity contribution in [1.82, 2.24) is 5.43 Å². The molecule has 0 fully saturated rings. The molecule has 0 amide bonds. The molecule has 0 bridgehead atoms. The Balaban J connectivity index is 3.56. The van der Waals surface area contributed by atoms with E-state index in [4.69, 9.17) is 7.85 Å². The average molecular weight is 106 g/mol. The van der Waals surface area contributed by atoms with Crippen LogP contribution in [0.5, 0.6) is 0 Å². The van der Waals surface area contributed by atoms with Crippen LogP contribution in [-0.4, -0.2) is 13.5 Å². The van der Waals surface area contributed by atoms with Gasteiger partial charge in [0.05, 0.1) is 0 Å². The Hall–Kier alpha value is -0.985. The highest BCUT2D eigenvalue weighted by Gasteiger charge is 1.73. The van der Waals surface area contributed by atoms with Crippen LogP contribution in [0.2, 0.25) is 0 Å². The van der Waals surface area contributed by atoms with Crippen molar-refractivity contribution in [2.75, 3.05) is 0 Å². The molecule has 0 aromatic heterocycles. The van der Waals surface area contributed by atoms with Crippen LogP contribution in [0.15, 0.2) is 30.5 Å². The number of hydrazone groups is 1. The van der Waals surface area contributed by atoms with E-state index in [1.165, 1.54) is 12.3 Å². The second-order valence-electron chi connectivity index (χ2n) is 1.07. The van der Waals surface area contributed by atoms with Gasteiger partial charge in [0.15, 0.2) is 0 Å². The van der Waals surface area contributed by atoms with Crippen molar-refractivity contribution >= 4 is 13.5 Å². The van der Waals surface area contributed by atoms with Gasteiger partial charge in [0.1, 0.15) is 7.85 Å². The van der Waals surface area contributed by atoms with E-state index in [0.29, 0.717) is 5.61 Å². The summed E-state index contributed by atoms with van der Waals surface area (Å²) < 4.78 is 0. The lowest BCUT2D eigenvalue weighted by molar-refractivity contribution is 0.978. The van der Waals surface area contributed by atoms with Crippen molar-refractivity contribution in [1.29, 1.82) is 0 Å². The fourth-order valence-electron chi connectivity index (χ4n) is 0.166. The molecule has 0 unspecified atom stereocenters. The first-order valence-electron chi connectivity index (χ1n) is 2.13. The van der Waals surface area contributed by atoms with E-state index in [1.54, 1.807) is 0 Å². The summed E-state index contributed by atoms with van der Waals surface area (Å²) in [7, 11) is 5.18. The van der Waals surface area contributed by atoms with Crippen molar-refractivity contribution in [3.05, 3.63) is 25.4 Å². The average Bonchev–Trinajstić information content (AvgIpc) is 1.83. The van der Waals surface area contributed by atoms with E-state index in [9.17, 15) is 0 Å². The van der Waals surface area contributed by atoms with E-state index < -0.39 is 0 Å². The van der Waals surface area contributed by atoms with Crippen LogP contribution in [0, 0.1) is 0 Å². The predicted octanol–water partition coefficient (Wildman–Crippen LogP) is 0.388. The molecule has 0 aromatic rings. The summed E-state index contributed by atoms with van der Waals surface area (Å²) in [6.07, 6.45) is 2.87. The lowest BCUT2D eigenvalue weighted by atomic mass is 10.0. The molecular weight excluding hydrogens is 98.9 g/mol. The van der Waals surface area contributed by atoms with Crippen molar-refractivity contribution in [3.8, 4) is 0 Å². The standard InChI is InChI=1S/C5H7BN2/c1-3-5(6)8-7-4-2/h3-4,7H,1-2H2/b8-5+. The second-order valence-corrected chi connectivity index (χ2v) is 1.07. The van der Waals surface area contributed by atoms with Crippen molar-refractivity contribution < 1.29 is 0 Å². The van der Waals surface area contributed by atoms with Crippen LogP contribution < -0.4 is 5.43 Å². The van der Waals surface area contributed by atoms with Gasteiger partial charge >= 0.3 is 0 Å². The molecule has 0 rings (SSSR count). The van der Waals surface area contributed by atoms with Crippen LogP contribution in [0.3, 0.4) is 0 Å². The van der Waals surface area contributed by atoms with Crippen LogP contribution in [-0.2, 0) is 0 Å². The number of allylic oxidation sites excluding steroid dienone is 1. The smallest absolute Gasteiger partial charge is 0.144 e. The molecule has 0 aromatic carbocycles. The van der Waals surface area contributed by atoms with Gasteiger partial charge in [0.25, 0.3) is 0 Å². The van der Waals surface area contributed by atoms with E-state index in [0.717, 1.165) is 0 Å². The Kier molecular flexibility index (Phi) is 3.67. The van der Waals surface area contributed by atoms with Gasteiger partial charge in [-0.15, -0.1) is 0 Å². The number of nitrogens with one attached hydrogen (secondary N) is 1. The summed E-state index contributed by atoms with van der Waals surface area (Å²) in [5.41, 5.74) is 2.81. The van der Waals surface area contributed by atoms with Gasteiger partial charge in [-0.2, -0.15) is 5.10 Å². The molecule has 0 aliphatic rings. The van der Waals surface area contributed by atoms with Gasteiger partial charge in [-0.1, -0.05) is 19.2 Å². The maximum absolute atomic E-state index is 5.18. The van der Waals surface area contributed by atoms with Crippen molar-refractivity contribution in [2.45, 2.75) is 0 Å². The topological polar surface area (TPSA) is 24.4 Å². The Morgan fingerprint density at radius 2 is 2.25 bits per heavy atom. The zero-order valence-corrected chi connectivity index (χ0v) is 4.59. The maximum Gasteiger partial charge on any atom is 0.144 e. The maximum atomic E-state index is 5.18. The molecule has 1 N–H and O–H groups in total. The molecule has 0 atom stereocenters. The van der Waals surface area contributed by atoms with Gasteiger partial charge in [-0.05, 0) is 0 Å². The molecular formula is C5H7BN2. The molecule has 0 aliphatic carbocycles. The van der Waals surface area contributed by atoms with Crippen LogP contribution >= 0.6 is 0 Å². The highest BCUT2D eigenvalue weighted by molar-refractivity contribution is 6.62. The number of hydrogen-bond acceptors (Lipinski definition) is 2. The number of hydrogen-bond donors (Lipinski definition) is 1. The Bertz CT molecular complexity index is 118. The molecule has 0 saturated heterocycles. The molecule has 0 aliphatic heterocycles. The van der Waals surface area contributed by atoms with Crippen LogP contribution in [0.4, 0.5) is 0 Å². The monoisotopic (exact) mass is 106 g/mol. The Morgan fingerprint density at radius 3 is 2.62 bits per heavy atom. The number of rotatable bonds is 3. The minimum Gasteiger partial charge on any atom is -0.287 e. The minimum atomic E-state index is 0.352. The van der Waals surface area contributed by atoms with E-state index >= 15 is 0 Å². The SMILES string of the molecule is [B]/C(C=C)=N/NC=C. The van der Waals surface area contributed by atoms with Gasteiger partial charge in [0, 0.05) is 11.8 Å². The van der Waals surface area contributed by atoms with Gasteiger partial charge in [-0.25, -0.2) is 0 Å². The summed E-state index contributed by atoms with van der Waals surface area (Å²) in [6, 6.07) is 0. The summed E-state index contributed by atoms with van der Waals surface area (Å²) >= 11 is 0. The summed E-state index contributed by atoms with van der Waals surface area (Å²) in [4.78, 5) is 0. The molecule has 3 heteroatoms. The molecule has 40 valence electrons. The predicted molar refractivity (Wildman–Crippen MR) is 36.7 cm³/mol. The van der Waals surface area contributed by atoms with Gasteiger partial charge in [-0.3, -0.25) is 5.43 Å². The summed E-state index contributed by atoms with van der Waals surface area (Å²) in [6.45, 7) is 6.74. The molecule has 8 heavy (non-hydrogen) atoms. The van der Waals surface area contributed by atoms with Crippen LogP contribution in [0.1, 0.15) is 0 Å². The first-order valence-corrected chi connectivity index (χ1v) is 2.13. The largest absolute Gasteiger partial charge is 0.287 e. The molecule has 0 heterocycles. The van der Waals surface area contributed by atoms with Crippen molar-refractivity contribution in [2.24, 2.45) is 5.10 Å². The quantitative estimate of drug-likeness (QED) is 0.314. The Morgan fingerprint density at radius 1 is 1.62 bits per heavy atom. The fraction of sp³-hybridized carbons (Fsp3) is 0. The normalized spacial score (nSPS) is 10.2. The van der Waals surface area contributed by atoms with E-state index in [1.807, 2.05) is 0 Å². The van der Waals surface area contributed by atoms with Crippen molar-refractivity contribution in [3.63, 3.8) is 0 Å². The Labute approximate surface area is 50.4 Å². The third kappa shape index (κ3) is 3.21. The third-order valence-electron chi connectivity index (χ3n) is 0.494. The van der Waals surface area contributed by atoms with E-state index in [2.05, 4.69) is 23.7 Å².